The van der Waals surface area contributed by atoms with Crippen LogP contribution in [0.1, 0.15) is 16.7 Å². The Bertz CT molecular complexity index is 1130. The summed E-state index contributed by atoms with van der Waals surface area (Å²) in [5.41, 5.74) is 4.88. The summed E-state index contributed by atoms with van der Waals surface area (Å²) >= 11 is 0. The molecular weight excluding hydrogens is 434 g/mol. The largest absolute Gasteiger partial charge is 0.493 e. The summed E-state index contributed by atoms with van der Waals surface area (Å²) in [7, 11) is 3.12. The topological polar surface area (TPSA) is 98.2 Å². The van der Waals surface area contributed by atoms with E-state index in [1.807, 2.05) is 60.7 Å². The molecule has 0 aliphatic rings. The van der Waals surface area contributed by atoms with Crippen molar-refractivity contribution >= 4 is 18.0 Å². The summed E-state index contributed by atoms with van der Waals surface area (Å²) in [6.45, 7) is 0.683. The van der Waals surface area contributed by atoms with Crippen molar-refractivity contribution in [1.29, 1.82) is 0 Å². The molecule has 0 aromatic heterocycles. The fraction of sp³-hybridized carbons (Fsp3) is 0.192. The van der Waals surface area contributed by atoms with Gasteiger partial charge in [0.1, 0.15) is 12.4 Å². The first-order chi connectivity index (χ1) is 16.6. The van der Waals surface area contributed by atoms with Gasteiger partial charge in [-0.2, -0.15) is 5.10 Å². The third-order valence-corrected chi connectivity index (χ3v) is 4.88. The van der Waals surface area contributed by atoms with Crippen LogP contribution in [0, 0.1) is 0 Å². The average molecular weight is 462 g/mol. The van der Waals surface area contributed by atoms with Crippen molar-refractivity contribution < 1.29 is 23.8 Å². The summed E-state index contributed by atoms with van der Waals surface area (Å²) in [4.78, 5) is 24.1. The Morgan fingerprint density at radius 2 is 1.56 bits per heavy atom. The number of hydrogen-bond acceptors (Lipinski definition) is 6. The molecule has 0 saturated heterocycles. The first-order valence-electron chi connectivity index (χ1n) is 10.7. The van der Waals surface area contributed by atoms with Crippen LogP contribution < -0.4 is 25.0 Å². The third kappa shape index (κ3) is 7.09. The van der Waals surface area contributed by atoms with Gasteiger partial charge in [-0.3, -0.25) is 9.59 Å². The number of rotatable bonds is 10. The molecule has 2 amide bonds. The van der Waals surface area contributed by atoms with Crippen LogP contribution in [-0.4, -0.2) is 38.8 Å². The van der Waals surface area contributed by atoms with Crippen molar-refractivity contribution in [3.63, 3.8) is 0 Å². The quantitative estimate of drug-likeness (QED) is 0.275. The smallest absolute Gasteiger partial charge is 0.329 e. The molecule has 0 fully saturated rings. The summed E-state index contributed by atoms with van der Waals surface area (Å²) in [6.07, 6.45) is 1.96. The molecule has 8 heteroatoms. The molecule has 2 N–H and O–H groups in total. The lowest BCUT2D eigenvalue weighted by atomic mass is 10.1. The Morgan fingerprint density at radius 1 is 0.824 bits per heavy atom. The summed E-state index contributed by atoms with van der Waals surface area (Å²) in [5, 5.41) is 6.46. The molecule has 0 heterocycles. The number of carbonyl (C=O) groups is 2. The van der Waals surface area contributed by atoms with E-state index in [4.69, 9.17) is 14.2 Å². The molecule has 0 spiro atoms. The molecule has 3 rings (SSSR count). The van der Waals surface area contributed by atoms with Gasteiger partial charge in [0.15, 0.2) is 11.5 Å². The Kier molecular flexibility index (Phi) is 9.04. The van der Waals surface area contributed by atoms with Gasteiger partial charge in [-0.1, -0.05) is 48.5 Å². The van der Waals surface area contributed by atoms with E-state index in [2.05, 4.69) is 15.8 Å². The predicted octanol–water partition coefficient (Wildman–Crippen LogP) is 3.09. The van der Waals surface area contributed by atoms with E-state index in [0.29, 0.717) is 35.8 Å². The van der Waals surface area contributed by atoms with Crippen molar-refractivity contribution in [2.24, 2.45) is 5.10 Å². The molecular formula is C26H27N3O5. The monoisotopic (exact) mass is 461 g/mol. The highest BCUT2D eigenvalue weighted by Gasteiger charge is 2.12. The maximum Gasteiger partial charge on any atom is 0.329 e. The van der Waals surface area contributed by atoms with Crippen LogP contribution >= 0.6 is 0 Å². The molecule has 0 atom stereocenters. The second-order valence-corrected chi connectivity index (χ2v) is 7.21. The minimum Gasteiger partial charge on any atom is -0.493 e. The Labute approximate surface area is 198 Å². The lowest BCUT2D eigenvalue weighted by molar-refractivity contribution is -0.139. The Morgan fingerprint density at radius 3 is 2.32 bits per heavy atom. The zero-order valence-electron chi connectivity index (χ0n) is 19.1. The van der Waals surface area contributed by atoms with Gasteiger partial charge in [-0.05, 0) is 41.8 Å². The van der Waals surface area contributed by atoms with Crippen LogP contribution in [0.25, 0.3) is 0 Å². The molecule has 0 aliphatic carbocycles. The molecule has 3 aromatic carbocycles. The second-order valence-electron chi connectivity index (χ2n) is 7.21. The van der Waals surface area contributed by atoms with Crippen LogP contribution in [0.3, 0.4) is 0 Å². The number of carbonyl (C=O) groups excluding carboxylic acids is 2. The summed E-state index contributed by atoms with van der Waals surface area (Å²) in [6, 6.07) is 22.6. The average Bonchev–Trinajstić information content (AvgIpc) is 2.88. The SMILES string of the molecule is COc1ccc(CCNC(=O)C(=O)N/N=C\c2ccccc2OCc2ccccc2)cc1OC. The van der Waals surface area contributed by atoms with E-state index < -0.39 is 11.8 Å². The number of nitrogens with zero attached hydrogens (tertiary/aromatic N) is 1. The van der Waals surface area contributed by atoms with Crippen LogP contribution in [0.2, 0.25) is 0 Å². The highest BCUT2D eigenvalue weighted by atomic mass is 16.5. The number of methoxy groups -OCH3 is 2. The molecule has 0 saturated carbocycles. The minimum atomic E-state index is -0.855. The van der Waals surface area contributed by atoms with Gasteiger partial charge in [-0.15, -0.1) is 0 Å². The van der Waals surface area contributed by atoms with Crippen molar-refractivity contribution in [2.75, 3.05) is 20.8 Å². The van der Waals surface area contributed by atoms with Crippen LogP contribution in [-0.2, 0) is 22.6 Å². The predicted molar refractivity (Wildman–Crippen MR) is 129 cm³/mol. The zero-order chi connectivity index (χ0) is 24.2. The van der Waals surface area contributed by atoms with Gasteiger partial charge in [0.2, 0.25) is 0 Å². The van der Waals surface area contributed by atoms with E-state index in [9.17, 15) is 9.59 Å². The fourth-order valence-electron chi connectivity index (χ4n) is 3.10. The van der Waals surface area contributed by atoms with E-state index in [1.54, 1.807) is 26.4 Å². The Hall–Kier alpha value is -4.33. The number of ether oxygens (including phenoxy) is 3. The number of hydrogen-bond donors (Lipinski definition) is 2. The van der Waals surface area contributed by atoms with Gasteiger partial charge in [0.25, 0.3) is 0 Å². The normalized spacial score (nSPS) is 10.5. The molecule has 0 radical (unpaired) electrons. The molecule has 0 bridgehead atoms. The third-order valence-electron chi connectivity index (χ3n) is 4.88. The Balaban J connectivity index is 1.47. The van der Waals surface area contributed by atoms with Gasteiger partial charge in [0.05, 0.1) is 20.4 Å². The minimum absolute atomic E-state index is 0.279. The zero-order valence-corrected chi connectivity index (χ0v) is 19.1. The van der Waals surface area contributed by atoms with E-state index >= 15 is 0 Å². The summed E-state index contributed by atoms with van der Waals surface area (Å²) < 4.78 is 16.3. The number of benzene rings is 3. The molecule has 0 aliphatic heterocycles. The van der Waals surface area contributed by atoms with Crippen molar-refractivity contribution in [3.8, 4) is 17.2 Å². The van der Waals surface area contributed by atoms with Crippen LogP contribution in [0.15, 0.2) is 77.9 Å². The standard InChI is InChI=1S/C26H27N3O5/c1-32-23-13-12-19(16-24(23)33-2)14-15-27-25(30)26(31)29-28-17-21-10-6-7-11-22(21)34-18-20-8-4-3-5-9-20/h3-13,16-17H,14-15,18H2,1-2H3,(H,27,30)(H,29,31)/b28-17-. The first-order valence-corrected chi connectivity index (χ1v) is 10.7. The number of nitrogens with one attached hydrogen (secondary N) is 2. The highest BCUT2D eigenvalue weighted by Crippen LogP contribution is 2.27. The molecule has 176 valence electrons. The lowest BCUT2D eigenvalue weighted by Crippen LogP contribution is -2.38. The van der Waals surface area contributed by atoms with Crippen molar-refractivity contribution in [2.45, 2.75) is 13.0 Å². The lowest BCUT2D eigenvalue weighted by Gasteiger charge is -2.10. The second kappa shape index (κ2) is 12.6. The van der Waals surface area contributed by atoms with E-state index in [-0.39, 0.29) is 6.54 Å². The number of hydrazone groups is 1. The fourth-order valence-corrected chi connectivity index (χ4v) is 3.10. The van der Waals surface area contributed by atoms with E-state index in [0.717, 1.165) is 11.1 Å². The molecule has 3 aromatic rings. The first kappa shape index (κ1) is 24.3. The molecule has 34 heavy (non-hydrogen) atoms. The van der Waals surface area contributed by atoms with Gasteiger partial charge < -0.3 is 19.5 Å². The van der Waals surface area contributed by atoms with Crippen molar-refractivity contribution in [3.05, 3.63) is 89.5 Å². The highest BCUT2D eigenvalue weighted by molar-refractivity contribution is 6.35. The van der Waals surface area contributed by atoms with Gasteiger partial charge >= 0.3 is 11.8 Å². The van der Waals surface area contributed by atoms with Gasteiger partial charge in [0, 0.05) is 12.1 Å². The molecule has 8 nitrogen and oxygen atoms in total. The number of para-hydroxylation sites is 1. The van der Waals surface area contributed by atoms with Gasteiger partial charge in [-0.25, -0.2) is 5.43 Å². The van der Waals surface area contributed by atoms with E-state index in [1.165, 1.54) is 6.21 Å². The summed E-state index contributed by atoms with van der Waals surface area (Å²) in [5.74, 6) is 0.215. The van der Waals surface area contributed by atoms with Crippen LogP contribution in [0.5, 0.6) is 17.2 Å². The van der Waals surface area contributed by atoms with Crippen molar-refractivity contribution in [1.82, 2.24) is 10.7 Å². The molecule has 0 unspecified atom stereocenters. The number of amides is 2. The van der Waals surface area contributed by atoms with Crippen LogP contribution in [0.4, 0.5) is 0 Å². The maximum absolute atomic E-state index is 12.1. The maximum atomic E-state index is 12.1.